The molecule has 6 heteroatoms. The van der Waals surface area contributed by atoms with Crippen LogP contribution in [0.2, 0.25) is 0 Å². The van der Waals surface area contributed by atoms with Gasteiger partial charge in [0.05, 0.1) is 16.8 Å². The molecule has 1 aliphatic heterocycles. The summed E-state index contributed by atoms with van der Waals surface area (Å²) in [4.78, 5) is 0. The van der Waals surface area contributed by atoms with Crippen molar-refractivity contribution in [2.75, 3.05) is 6.61 Å². The van der Waals surface area contributed by atoms with Gasteiger partial charge in [0.2, 0.25) is 0 Å². The first-order valence-corrected chi connectivity index (χ1v) is 12.3. The van der Waals surface area contributed by atoms with E-state index in [1.54, 1.807) is 0 Å². The molecule has 31 heavy (non-hydrogen) atoms. The molecular formula is C25H41BN2O3. The van der Waals surface area contributed by atoms with Crippen molar-refractivity contribution in [2.24, 2.45) is 16.2 Å². The number of hydrogen-bond acceptors (Lipinski definition) is 4. The Hall–Kier alpha value is -0.845. The van der Waals surface area contributed by atoms with Crippen LogP contribution in [0.15, 0.2) is 6.20 Å². The Morgan fingerprint density at radius 1 is 0.935 bits per heavy atom. The van der Waals surface area contributed by atoms with E-state index in [9.17, 15) is 0 Å². The summed E-state index contributed by atoms with van der Waals surface area (Å²) in [6.07, 6.45) is 9.51. The average molecular weight is 428 g/mol. The topological polar surface area (TPSA) is 45.5 Å². The molecule has 6 rings (SSSR count). The van der Waals surface area contributed by atoms with E-state index in [-0.39, 0.29) is 29.3 Å². The maximum absolute atomic E-state index is 6.53. The lowest BCUT2D eigenvalue weighted by molar-refractivity contribution is -0.246. The Balaban J connectivity index is 1.43. The van der Waals surface area contributed by atoms with Gasteiger partial charge in [-0.15, -0.1) is 0 Å². The van der Waals surface area contributed by atoms with Gasteiger partial charge in [0.1, 0.15) is 0 Å². The van der Waals surface area contributed by atoms with Crippen LogP contribution in [-0.2, 0) is 20.6 Å². The number of hydrogen-bond donors (Lipinski definition) is 0. The van der Waals surface area contributed by atoms with Crippen molar-refractivity contribution < 1.29 is 14.0 Å². The summed E-state index contributed by atoms with van der Waals surface area (Å²) in [6, 6.07) is 0. The SMILES string of the molecule is CCOC12CC3(C)CC(C)(CC(Cn4ncc(B5OC(C)(C)C(C)(C)O5)c4C)(C3)C1)C2. The third-order valence-electron chi connectivity index (χ3n) is 9.24. The third kappa shape index (κ3) is 3.35. The van der Waals surface area contributed by atoms with Crippen LogP contribution in [-0.4, -0.2) is 40.3 Å². The highest BCUT2D eigenvalue weighted by Crippen LogP contribution is 2.72. The van der Waals surface area contributed by atoms with Gasteiger partial charge in [-0.25, -0.2) is 0 Å². The second kappa shape index (κ2) is 6.39. The highest BCUT2D eigenvalue weighted by molar-refractivity contribution is 6.62. The molecule has 2 atom stereocenters. The van der Waals surface area contributed by atoms with Gasteiger partial charge in [0.25, 0.3) is 0 Å². The zero-order chi connectivity index (χ0) is 22.5. The average Bonchev–Trinajstić information content (AvgIpc) is 3.00. The van der Waals surface area contributed by atoms with Gasteiger partial charge in [-0.3, -0.25) is 4.68 Å². The van der Waals surface area contributed by atoms with Crippen LogP contribution in [0.25, 0.3) is 0 Å². The molecule has 1 saturated heterocycles. The maximum atomic E-state index is 6.53. The molecule has 0 amide bonds. The molecule has 0 spiro atoms. The van der Waals surface area contributed by atoms with Crippen LogP contribution < -0.4 is 5.46 Å². The van der Waals surface area contributed by atoms with E-state index >= 15 is 0 Å². The molecule has 2 unspecified atom stereocenters. The van der Waals surface area contributed by atoms with Crippen LogP contribution in [0, 0.1) is 23.2 Å². The zero-order valence-electron chi connectivity index (χ0n) is 20.9. The summed E-state index contributed by atoms with van der Waals surface area (Å²) in [5, 5.41) is 4.86. The normalized spacial score (nSPS) is 42.5. The fourth-order valence-electron chi connectivity index (χ4n) is 8.60. The Labute approximate surface area is 188 Å². The van der Waals surface area contributed by atoms with Crippen LogP contribution in [0.3, 0.4) is 0 Å². The fraction of sp³-hybridized carbons (Fsp3) is 0.880. The molecule has 1 aromatic heterocycles. The van der Waals surface area contributed by atoms with Gasteiger partial charge in [0, 0.05) is 30.5 Å². The van der Waals surface area contributed by atoms with E-state index in [0.717, 1.165) is 18.6 Å². The van der Waals surface area contributed by atoms with Gasteiger partial charge in [-0.1, -0.05) is 13.8 Å². The zero-order valence-corrected chi connectivity index (χ0v) is 20.9. The van der Waals surface area contributed by atoms with E-state index in [4.69, 9.17) is 19.1 Å². The van der Waals surface area contributed by atoms with Crippen LogP contribution in [0.4, 0.5) is 0 Å². The van der Waals surface area contributed by atoms with E-state index < -0.39 is 0 Å². The van der Waals surface area contributed by atoms with Crippen molar-refractivity contribution in [1.29, 1.82) is 0 Å². The second-order valence-corrected chi connectivity index (χ2v) is 13.2. The smallest absolute Gasteiger partial charge is 0.399 e. The number of nitrogens with zero attached hydrogens (tertiary/aromatic N) is 2. The van der Waals surface area contributed by atoms with Crippen molar-refractivity contribution in [2.45, 2.75) is 117 Å². The van der Waals surface area contributed by atoms with Crippen molar-refractivity contribution in [3.63, 3.8) is 0 Å². The Bertz CT molecular complexity index is 857. The monoisotopic (exact) mass is 428 g/mol. The second-order valence-electron chi connectivity index (χ2n) is 13.2. The van der Waals surface area contributed by atoms with Crippen LogP contribution in [0.5, 0.6) is 0 Å². The molecule has 0 aromatic carbocycles. The van der Waals surface area contributed by atoms with Crippen LogP contribution in [0.1, 0.15) is 92.7 Å². The molecule has 5 nitrogen and oxygen atoms in total. The first-order valence-electron chi connectivity index (χ1n) is 12.3. The molecule has 4 bridgehead atoms. The minimum absolute atomic E-state index is 0.0581. The molecule has 1 aromatic rings. The predicted octanol–water partition coefficient (Wildman–Crippen LogP) is 4.65. The largest absolute Gasteiger partial charge is 0.498 e. The fourth-order valence-corrected chi connectivity index (χ4v) is 8.60. The molecule has 0 radical (unpaired) electrons. The summed E-state index contributed by atoms with van der Waals surface area (Å²) in [5.41, 5.74) is 2.66. The first-order chi connectivity index (χ1) is 14.2. The van der Waals surface area contributed by atoms with Crippen molar-refractivity contribution in [3.8, 4) is 0 Å². The predicted molar refractivity (Wildman–Crippen MR) is 123 cm³/mol. The lowest BCUT2D eigenvalue weighted by Gasteiger charge is -2.69. The molecule has 5 aliphatic rings. The Morgan fingerprint density at radius 3 is 2.06 bits per heavy atom. The molecule has 5 fully saturated rings. The maximum Gasteiger partial charge on any atom is 0.498 e. The quantitative estimate of drug-likeness (QED) is 0.641. The molecule has 2 heterocycles. The molecular weight excluding hydrogens is 387 g/mol. The Kier molecular flexibility index (Phi) is 4.53. The van der Waals surface area contributed by atoms with E-state index in [1.807, 2.05) is 6.20 Å². The highest BCUT2D eigenvalue weighted by atomic mass is 16.7. The minimum Gasteiger partial charge on any atom is -0.399 e. The van der Waals surface area contributed by atoms with Crippen molar-refractivity contribution in [3.05, 3.63) is 11.9 Å². The van der Waals surface area contributed by atoms with E-state index in [2.05, 4.69) is 60.1 Å². The molecule has 4 saturated carbocycles. The summed E-state index contributed by atoms with van der Waals surface area (Å²) in [5.74, 6) is 0. The Morgan fingerprint density at radius 2 is 1.52 bits per heavy atom. The van der Waals surface area contributed by atoms with Crippen LogP contribution >= 0.6 is 0 Å². The first kappa shape index (κ1) is 22.0. The van der Waals surface area contributed by atoms with Crippen molar-refractivity contribution in [1.82, 2.24) is 9.78 Å². The summed E-state index contributed by atoms with van der Waals surface area (Å²) >= 11 is 0. The minimum atomic E-state index is -0.347. The van der Waals surface area contributed by atoms with E-state index in [0.29, 0.717) is 10.8 Å². The number of rotatable bonds is 5. The molecule has 172 valence electrons. The third-order valence-corrected chi connectivity index (χ3v) is 9.24. The standard InChI is InChI=1S/C25H41BN2O3/c1-9-29-25-14-22(7)11-23(8,15-25)13-24(12-22,16-25)17-28-18(2)19(10-27-28)26-30-20(3,4)21(5,6)31-26/h10H,9,11-17H2,1-8H3. The lowest BCUT2D eigenvalue weighted by Crippen LogP contribution is -2.64. The lowest BCUT2D eigenvalue weighted by atomic mass is 9.39. The van der Waals surface area contributed by atoms with Gasteiger partial charge in [-0.2, -0.15) is 5.10 Å². The molecule has 0 N–H and O–H groups in total. The highest BCUT2D eigenvalue weighted by Gasteiger charge is 2.66. The number of ether oxygens (including phenoxy) is 1. The van der Waals surface area contributed by atoms with Gasteiger partial charge in [-0.05, 0) is 96.3 Å². The number of aromatic nitrogens is 2. The summed E-state index contributed by atoms with van der Waals surface area (Å²) < 4.78 is 21.4. The molecule has 4 aliphatic carbocycles. The summed E-state index contributed by atoms with van der Waals surface area (Å²) in [6.45, 7) is 19.6. The van der Waals surface area contributed by atoms with Crippen molar-refractivity contribution >= 4 is 12.6 Å². The summed E-state index contributed by atoms with van der Waals surface area (Å²) in [7, 11) is -0.347. The van der Waals surface area contributed by atoms with Gasteiger partial charge in [0.15, 0.2) is 0 Å². The van der Waals surface area contributed by atoms with Gasteiger partial charge < -0.3 is 14.0 Å². The van der Waals surface area contributed by atoms with Gasteiger partial charge >= 0.3 is 7.12 Å². The van der Waals surface area contributed by atoms with E-state index in [1.165, 1.54) is 44.2 Å².